The molecule has 47 heavy (non-hydrogen) atoms. The average Bonchev–Trinajstić information content (AvgIpc) is 3.91. The highest BCUT2D eigenvalue weighted by Crippen LogP contribution is 2.58. The van der Waals surface area contributed by atoms with Crippen molar-refractivity contribution in [1.82, 2.24) is 35.1 Å². The number of H-pyrrole nitrogens is 1. The Morgan fingerprint density at radius 3 is 1.74 bits per heavy atom. The van der Waals surface area contributed by atoms with Crippen molar-refractivity contribution < 1.29 is 0 Å². The Morgan fingerprint density at radius 1 is 0.574 bits per heavy atom. The van der Waals surface area contributed by atoms with Crippen molar-refractivity contribution in [2.24, 2.45) is 0 Å². The van der Waals surface area contributed by atoms with E-state index in [0.717, 1.165) is 73.4 Å². The molecule has 0 saturated heterocycles. The average molecular weight is 610 g/mol. The lowest BCUT2D eigenvalue weighted by atomic mass is 9.72. The van der Waals surface area contributed by atoms with E-state index in [0.29, 0.717) is 6.67 Å². The van der Waals surface area contributed by atoms with Crippen LogP contribution in [0.4, 0.5) is 11.5 Å². The molecular weight excluding hydrogens is 582 g/mol. The fourth-order valence-electron chi connectivity index (χ4n) is 8.22. The van der Waals surface area contributed by atoms with Crippen molar-refractivity contribution in [3.63, 3.8) is 0 Å². The molecule has 1 N–H and O–H groups in total. The minimum Gasteiger partial charge on any atom is -0.354 e. The van der Waals surface area contributed by atoms with E-state index in [-0.39, 0.29) is 0 Å². The number of benzene rings is 1. The first-order valence-electron chi connectivity index (χ1n) is 15.6. The molecule has 224 valence electrons. The molecule has 0 atom stereocenters. The highest BCUT2D eigenvalue weighted by Gasteiger charge is 2.56. The van der Waals surface area contributed by atoms with E-state index in [1.807, 2.05) is 67.4 Å². The molecule has 0 fully saturated rings. The van der Waals surface area contributed by atoms with Crippen LogP contribution in [-0.2, 0) is 11.0 Å². The van der Waals surface area contributed by atoms with Crippen LogP contribution in [0.3, 0.4) is 0 Å². The van der Waals surface area contributed by atoms with Gasteiger partial charge in [0.1, 0.15) is 5.41 Å². The van der Waals surface area contributed by atoms with E-state index < -0.39 is 11.0 Å². The molecule has 0 unspecified atom stereocenters. The first-order chi connectivity index (χ1) is 23.2. The number of rotatable bonds is 4. The molecule has 2 aliphatic carbocycles. The zero-order chi connectivity index (χ0) is 31.2. The summed E-state index contributed by atoms with van der Waals surface area (Å²) < 4.78 is 0. The maximum absolute atomic E-state index is 5.14. The lowest BCUT2D eigenvalue weighted by Crippen LogP contribution is -2.49. The zero-order valence-corrected chi connectivity index (χ0v) is 25.4. The fraction of sp³-hybridized carbons (Fsp3) is 0.105. The van der Waals surface area contributed by atoms with Crippen LogP contribution in [0.2, 0.25) is 0 Å². The highest BCUT2D eigenvalue weighted by molar-refractivity contribution is 5.87. The Labute approximate surface area is 270 Å². The maximum atomic E-state index is 5.14. The van der Waals surface area contributed by atoms with Crippen LogP contribution in [-0.4, -0.2) is 48.8 Å². The van der Waals surface area contributed by atoms with Crippen molar-refractivity contribution in [2.75, 3.05) is 23.5 Å². The van der Waals surface area contributed by atoms with E-state index in [1.165, 1.54) is 0 Å². The molecule has 3 aliphatic rings. The predicted molar refractivity (Wildman–Crippen MR) is 179 cm³/mol. The molecule has 0 amide bonds. The molecular formula is C38H27N9. The van der Waals surface area contributed by atoms with Crippen molar-refractivity contribution in [1.29, 1.82) is 0 Å². The summed E-state index contributed by atoms with van der Waals surface area (Å²) in [6, 6.07) is 31.5. The monoisotopic (exact) mass is 609 g/mol. The Balaban J connectivity index is 1.32. The Kier molecular flexibility index (Phi) is 5.21. The van der Waals surface area contributed by atoms with Crippen LogP contribution >= 0.6 is 0 Å². The van der Waals surface area contributed by atoms with Crippen molar-refractivity contribution in [3.05, 3.63) is 168 Å². The predicted octanol–water partition coefficient (Wildman–Crippen LogP) is 5.93. The summed E-state index contributed by atoms with van der Waals surface area (Å²) in [6.07, 6.45) is 11.1. The number of hydrogen-bond donors (Lipinski definition) is 1. The molecule has 7 heterocycles. The number of pyridine rings is 5. The normalized spacial score (nSPS) is 15.9. The van der Waals surface area contributed by atoms with Crippen LogP contribution < -0.4 is 9.80 Å². The molecule has 9 nitrogen and oxygen atoms in total. The second-order valence-corrected chi connectivity index (χ2v) is 12.2. The van der Waals surface area contributed by atoms with Gasteiger partial charge in [-0.05, 0) is 53.6 Å². The minimum absolute atomic E-state index is 0.600. The van der Waals surface area contributed by atoms with Crippen LogP contribution in [0.25, 0.3) is 22.3 Å². The summed E-state index contributed by atoms with van der Waals surface area (Å²) in [5.41, 5.74) is 10.2. The van der Waals surface area contributed by atoms with Crippen LogP contribution in [0.1, 0.15) is 39.6 Å². The number of nitrogens with one attached hydrogen (secondary N) is 1. The molecule has 9 heteroatoms. The molecule has 7 aromatic rings. The number of anilines is 2. The summed E-state index contributed by atoms with van der Waals surface area (Å²) in [5.74, 6) is 0.888. The third-order valence-corrected chi connectivity index (χ3v) is 10.0. The Hall–Kier alpha value is -6.22. The minimum atomic E-state index is -0.884. The quantitative estimate of drug-likeness (QED) is 0.262. The van der Waals surface area contributed by atoms with Gasteiger partial charge in [-0.2, -0.15) is 5.10 Å². The molecule has 6 aromatic heterocycles. The molecule has 0 radical (unpaired) electrons. The first-order valence-corrected chi connectivity index (χ1v) is 15.6. The second kappa shape index (κ2) is 9.40. The zero-order valence-electron chi connectivity index (χ0n) is 25.4. The largest absolute Gasteiger partial charge is 0.354 e. The Morgan fingerprint density at radius 2 is 1.13 bits per heavy atom. The van der Waals surface area contributed by atoms with E-state index in [2.05, 4.69) is 81.6 Å². The lowest BCUT2D eigenvalue weighted by Gasteiger charge is -2.41. The van der Waals surface area contributed by atoms with E-state index in [9.17, 15) is 0 Å². The van der Waals surface area contributed by atoms with Crippen LogP contribution in [0.5, 0.6) is 0 Å². The summed E-state index contributed by atoms with van der Waals surface area (Å²) >= 11 is 0. The van der Waals surface area contributed by atoms with Gasteiger partial charge in [0.25, 0.3) is 0 Å². The third kappa shape index (κ3) is 3.17. The van der Waals surface area contributed by atoms with Gasteiger partial charge >= 0.3 is 0 Å². The molecule has 0 bridgehead atoms. The molecule has 0 spiro atoms. The summed E-state index contributed by atoms with van der Waals surface area (Å²) in [4.78, 5) is 30.0. The highest BCUT2D eigenvalue weighted by atomic mass is 15.4. The number of aromatic nitrogens is 7. The molecule has 0 saturated carbocycles. The van der Waals surface area contributed by atoms with Gasteiger partial charge in [-0.25, -0.2) is 4.98 Å². The molecule has 1 aromatic carbocycles. The number of nitrogens with zero attached hydrogens (tertiary/aromatic N) is 8. The maximum Gasteiger partial charge on any atom is 0.155 e. The Bertz CT molecular complexity index is 2260. The second-order valence-electron chi connectivity index (χ2n) is 12.2. The standard InChI is InChI=1S/C38H27N9/c1-46-23-47(36-30(46)14-7-20-43-36)38(34-28(12-5-18-41-34)29-13-6-19-42-35(29)38)25-9-2-8-24(22-25)37(31-15-21-44-45-31)32-26(10-3-16-39-32)27-11-4-17-40-33(27)37/h2-22H,23H2,1H3,(H,44,45). The number of hydrogen-bond acceptors (Lipinski definition) is 8. The topological polar surface area (TPSA) is 99.6 Å². The van der Waals surface area contributed by atoms with Gasteiger partial charge in [0, 0.05) is 66.5 Å². The van der Waals surface area contributed by atoms with Gasteiger partial charge in [-0.1, -0.05) is 48.5 Å². The molecule has 10 rings (SSSR count). The third-order valence-electron chi connectivity index (χ3n) is 10.0. The number of aromatic amines is 1. The summed E-state index contributed by atoms with van der Waals surface area (Å²) in [7, 11) is 2.11. The van der Waals surface area contributed by atoms with Gasteiger partial charge < -0.3 is 9.80 Å². The molecule has 1 aliphatic heterocycles. The fourth-order valence-corrected chi connectivity index (χ4v) is 8.22. The van der Waals surface area contributed by atoms with Gasteiger partial charge in [-0.15, -0.1) is 0 Å². The van der Waals surface area contributed by atoms with Crippen LogP contribution in [0.15, 0.2) is 128 Å². The summed E-state index contributed by atoms with van der Waals surface area (Å²) in [6.45, 7) is 0.600. The van der Waals surface area contributed by atoms with E-state index in [4.69, 9.17) is 24.9 Å². The van der Waals surface area contributed by atoms with Crippen molar-refractivity contribution in [3.8, 4) is 22.3 Å². The SMILES string of the molecule is CN1CN(C2(c3cccc(C4(c5ccn[nH]5)c5ncccc5-c5cccnc54)c3)c3ncccc3-c3cccnc32)c2ncccc21. The van der Waals surface area contributed by atoms with E-state index >= 15 is 0 Å². The van der Waals surface area contributed by atoms with Gasteiger partial charge in [0.2, 0.25) is 0 Å². The van der Waals surface area contributed by atoms with Crippen molar-refractivity contribution in [2.45, 2.75) is 11.0 Å². The van der Waals surface area contributed by atoms with E-state index in [1.54, 1.807) is 6.20 Å². The van der Waals surface area contributed by atoms with Gasteiger partial charge in [0.15, 0.2) is 11.4 Å². The first kappa shape index (κ1) is 26.0. The van der Waals surface area contributed by atoms with Gasteiger partial charge in [-0.3, -0.25) is 25.0 Å². The van der Waals surface area contributed by atoms with Crippen LogP contribution in [0, 0.1) is 0 Å². The lowest BCUT2D eigenvalue weighted by molar-refractivity contribution is 0.549. The summed E-state index contributed by atoms with van der Waals surface area (Å²) in [5, 5.41) is 7.75. The number of fused-ring (bicyclic) bond motifs is 7. The smallest absolute Gasteiger partial charge is 0.155 e. The van der Waals surface area contributed by atoms with Crippen molar-refractivity contribution >= 4 is 11.5 Å². The van der Waals surface area contributed by atoms with Gasteiger partial charge in [0.05, 0.1) is 40.8 Å².